The highest BCUT2D eigenvalue weighted by molar-refractivity contribution is 7.89. The Kier molecular flexibility index (Phi) is 6.53. The van der Waals surface area contributed by atoms with Crippen molar-refractivity contribution in [2.45, 2.75) is 36.1 Å². The number of hydrogen-bond donors (Lipinski definition) is 2. The van der Waals surface area contributed by atoms with Crippen molar-refractivity contribution in [2.24, 2.45) is 0 Å². The first kappa shape index (κ1) is 25.1. The minimum Gasteiger partial charge on any atom is -0.454 e. The van der Waals surface area contributed by atoms with E-state index in [1.165, 1.54) is 0 Å². The number of anilines is 1. The molecule has 2 N–H and O–H groups in total. The second-order valence-corrected chi connectivity index (χ2v) is 11.4. The van der Waals surface area contributed by atoms with Crippen LogP contribution in [0.25, 0.3) is 11.3 Å². The van der Waals surface area contributed by atoms with Crippen LogP contribution in [-0.4, -0.2) is 42.2 Å². The van der Waals surface area contributed by atoms with E-state index in [-0.39, 0.29) is 17.6 Å². The summed E-state index contributed by atoms with van der Waals surface area (Å²) in [5.74, 6) is 1.65. The molecule has 1 amide bonds. The van der Waals surface area contributed by atoms with Crippen LogP contribution in [0.1, 0.15) is 24.8 Å². The van der Waals surface area contributed by atoms with Crippen molar-refractivity contribution in [1.82, 2.24) is 19.3 Å². The molecule has 1 saturated carbocycles. The molecule has 11 heteroatoms. The van der Waals surface area contributed by atoms with Gasteiger partial charge < -0.3 is 19.4 Å². The van der Waals surface area contributed by atoms with E-state index in [0.717, 1.165) is 24.0 Å². The van der Waals surface area contributed by atoms with E-state index in [0.29, 0.717) is 42.5 Å². The molecule has 4 aromatic rings. The lowest BCUT2D eigenvalue weighted by Crippen LogP contribution is -2.28. The summed E-state index contributed by atoms with van der Waals surface area (Å²) in [6.07, 6.45) is 7.36. The van der Waals surface area contributed by atoms with Gasteiger partial charge >= 0.3 is 0 Å². The van der Waals surface area contributed by atoms with Gasteiger partial charge in [0, 0.05) is 31.0 Å². The molecule has 1 aliphatic heterocycles. The Morgan fingerprint density at radius 1 is 1.03 bits per heavy atom. The maximum Gasteiger partial charge on any atom is 0.240 e. The van der Waals surface area contributed by atoms with Gasteiger partial charge in [-0.2, -0.15) is 0 Å². The topological polar surface area (TPSA) is 124 Å². The van der Waals surface area contributed by atoms with Crippen molar-refractivity contribution in [3.63, 3.8) is 0 Å². The van der Waals surface area contributed by atoms with Crippen LogP contribution in [0.2, 0.25) is 0 Å². The number of nitrogens with one attached hydrogen (secondary N) is 2. The number of hydrogen-bond acceptors (Lipinski definition) is 7. The molecule has 10 nitrogen and oxygen atoms in total. The van der Waals surface area contributed by atoms with Crippen molar-refractivity contribution >= 4 is 21.7 Å². The largest absolute Gasteiger partial charge is 0.454 e. The predicted molar refractivity (Wildman–Crippen MR) is 144 cm³/mol. The van der Waals surface area contributed by atoms with Crippen LogP contribution in [0.4, 0.5) is 5.82 Å². The van der Waals surface area contributed by atoms with Gasteiger partial charge in [0.25, 0.3) is 0 Å². The molecule has 2 aromatic heterocycles. The summed E-state index contributed by atoms with van der Waals surface area (Å²) in [6, 6.07) is 17.5. The zero-order valence-electron chi connectivity index (χ0n) is 21.0. The normalized spacial score (nSPS) is 15.2. The average Bonchev–Trinajstić information content (AvgIpc) is 3.35. The van der Waals surface area contributed by atoms with Gasteiger partial charge in [-0.3, -0.25) is 4.79 Å². The molecular formula is C28H27N5O5S. The first-order valence-corrected chi connectivity index (χ1v) is 14.2. The summed E-state index contributed by atoms with van der Waals surface area (Å²) >= 11 is 0. The van der Waals surface area contributed by atoms with Crippen molar-refractivity contribution in [1.29, 1.82) is 0 Å². The molecule has 2 aromatic carbocycles. The quantitative estimate of drug-likeness (QED) is 0.291. The third-order valence-electron chi connectivity index (χ3n) is 7.01. The maximum atomic E-state index is 13.3. The molecule has 0 atom stereocenters. The van der Waals surface area contributed by atoms with Crippen molar-refractivity contribution in [2.75, 3.05) is 18.7 Å². The Balaban J connectivity index is 1.10. The highest BCUT2D eigenvalue weighted by Gasteiger charge is 2.51. The SMILES string of the molecule is O=C(Nc1cccc(-c2ccc(S(=O)(=O)NCCCn3ccnc3)cc2)n1)C1(c2ccc3c(c2)OCO3)CC1. The first-order valence-electron chi connectivity index (χ1n) is 12.7. The Hall–Kier alpha value is -4.22. The van der Waals surface area contributed by atoms with E-state index in [9.17, 15) is 13.2 Å². The molecule has 0 spiro atoms. The van der Waals surface area contributed by atoms with Crippen LogP contribution in [0.3, 0.4) is 0 Å². The van der Waals surface area contributed by atoms with E-state index in [4.69, 9.17) is 9.47 Å². The molecule has 39 heavy (non-hydrogen) atoms. The predicted octanol–water partition coefficient (Wildman–Crippen LogP) is 3.71. The van der Waals surface area contributed by atoms with Crippen molar-refractivity contribution in [3.8, 4) is 22.8 Å². The van der Waals surface area contributed by atoms with Gasteiger partial charge in [-0.05, 0) is 61.2 Å². The lowest BCUT2D eigenvalue weighted by Gasteiger charge is -2.16. The number of aromatic nitrogens is 3. The second kappa shape index (κ2) is 10.2. The fraction of sp³-hybridized carbons (Fsp3) is 0.250. The second-order valence-electron chi connectivity index (χ2n) is 9.59. The minimum absolute atomic E-state index is 0.119. The Morgan fingerprint density at radius 2 is 1.85 bits per heavy atom. The lowest BCUT2D eigenvalue weighted by atomic mass is 9.94. The molecule has 0 saturated heterocycles. The number of sulfonamides is 1. The van der Waals surface area contributed by atoms with Gasteiger partial charge in [-0.1, -0.05) is 24.3 Å². The molecule has 3 heterocycles. The summed E-state index contributed by atoms with van der Waals surface area (Å²) in [6.45, 7) is 1.18. The Morgan fingerprint density at radius 3 is 2.62 bits per heavy atom. The van der Waals surface area contributed by atoms with Crippen molar-refractivity contribution < 1.29 is 22.7 Å². The van der Waals surface area contributed by atoms with Crippen LogP contribution < -0.4 is 19.5 Å². The third kappa shape index (κ3) is 5.23. The van der Waals surface area contributed by atoms with Gasteiger partial charge in [0.05, 0.1) is 22.3 Å². The van der Waals surface area contributed by atoms with Crippen LogP contribution in [-0.2, 0) is 26.8 Å². The van der Waals surface area contributed by atoms with Crippen LogP contribution in [0.15, 0.2) is 84.3 Å². The summed E-state index contributed by atoms with van der Waals surface area (Å²) in [5, 5.41) is 2.96. The smallest absolute Gasteiger partial charge is 0.240 e. The number of imidazole rings is 1. The van der Waals surface area contributed by atoms with Gasteiger partial charge in [-0.15, -0.1) is 0 Å². The Bertz CT molecular complexity index is 1600. The summed E-state index contributed by atoms with van der Waals surface area (Å²) < 4.78 is 40.8. The number of pyridine rings is 1. The highest BCUT2D eigenvalue weighted by atomic mass is 32.2. The fourth-order valence-electron chi connectivity index (χ4n) is 4.64. The fourth-order valence-corrected chi connectivity index (χ4v) is 5.72. The minimum atomic E-state index is -3.63. The molecule has 1 fully saturated rings. The number of aryl methyl sites for hydroxylation is 1. The van der Waals surface area contributed by atoms with Crippen LogP contribution >= 0.6 is 0 Å². The summed E-state index contributed by atoms with van der Waals surface area (Å²) in [5.41, 5.74) is 1.65. The molecule has 0 unspecified atom stereocenters. The molecule has 1 aliphatic carbocycles. The highest BCUT2D eigenvalue weighted by Crippen LogP contribution is 2.51. The summed E-state index contributed by atoms with van der Waals surface area (Å²) in [7, 11) is -3.63. The molecule has 0 bridgehead atoms. The standard InChI is InChI=1S/C28H27N5O5S/c34-27(28(11-12-28)21-7-10-24-25(17-21)38-19-37-24)32-26-4-1-3-23(31-26)20-5-8-22(9-6-20)39(35,36)30-13-2-15-33-16-14-29-18-33/h1,3-10,14,16-18,30H,2,11-13,15,19H2,(H,31,32,34). The van der Waals surface area contributed by atoms with E-state index < -0.39 is 15.4 Å². The van der Waals surface area contributed by atoms with E-state index in [1.54, 1.807) is 42.9 Å². The zero-order valence-corrected chi connectivity index (χ0v) is 21.9. The van der Waals surface area contributed by atoms with Crippen LogP contribution in [0, 0.1) is 0 Å². The average molecular weight is 546 g/mol. The molecular weight excluding hydrogens is 518 g/mol. The molecule has 200 valence electrons. The van der Waals surface area contributed by atoms with Crippen molar-refractivity contribution in [3.05, 3.63) is 84.9 Å². The van der Waals surface area contributed by atoms with E-state index in [1.807, 2.05) is 41.1 Å². The Labute approximate surface area is 226 Å². The van der Waals surface area contributed by atoms with Gasteiger partial charge in [0.2, 0.25) is 22.7 Å². The van der Waals surface area contributed by atoms with Gasteiger partial charge in [-0.25, -0.2) is 23.1 Å². The number of carbonyl (C=O) groups excluding carboxylic acids is 1. The molecule has 2 aliphatic rings. The van der Waals surface area contributed by atoms with E-state index >= 15 is 0 Å². The maximum absolute atomic E-state index is 13.3. The van der Waals surface area contributed by atoms with E-state index in [2.05, 4.69) is 20.0 Å². The third-order valence-corrected chi connectivity index (χ3v) is 8.48. The molecule has 6 rings (SSSR count). The monoisotopic (exact) mass is 545 g/mol. The number of amides is 1. The van der Waals surface area contributed by atoms with Gasteiger partial charge in [0.1, 0.15) is 5.82 Å². The van der Waals surface area contributed by atoms with Crippen LogP contribution in [0.5, 0.6) is 11.5 Å². The number of benzene rings is 2. The van der Waals surface area contributed by atoms with Gasteiger partial charge in [0.15, 0.2) is 11.5 Å². The zero-order chi connectivity index (χ0) is 26.9. The number of carbonyl (C=O) groups is 1. The molecule has 0 radical (unpaired) electrons. The number of fused-ring (bicyclic) bond motifs is 1. The lowest BCUT2D eigenvalue weighted by molar-refractivity contribution is -0.118. The number of ether oxygens (including phenoxy) is 2. The number of rotatable bonds is 10. The first-order chi connectivity index (χ1) is 18.9. The number of nitrogens with zero attached hydrogens (tertiary/aromatic N) is 3. The summed E-state index contributed by atoms with van der Waals surface area (Å²) in [4.78, 5) is 22.0.